The number of esters is 13. The van der Waals surface area contributed by atoms with Crippen LogP contribution in [-0.2, 0) is 119 Å². The molecule has 2 rings (SSSR count). The summed E-state index contributed by atoms with van der Waals surface area (Å²) in [6.45, 7) is 28.2. The summed E-state index contributed by atoms with van der Waals surface area (Å²) in [7, 11) is 0. The van der Waals surface area contributed by atoms with Gasteiger partial charge < -0.3 is 71.1 Å². The Hall–Kier alpha value is -9.63. The maximum Gasteiger partial charge on any atom is 0.356 e. The smallest absolute Gasteiger partial charge is 0.356 e. The minimum atomic E-state index is -2.18. The lowest BCUT2D eigenvalue weighted by atomic mass is 10.0. The third-order valence-corrected chi connectivity index (χ3v) is 15.7. The zero-order valence-electron chi connectivity index (χ0n) is 66.5. The molecule has 0 heterocycles. The van der Waals surface area contributed by atoms with Crippen LogP contribution in [0.2, 0.25) is 0 Å². The van der Waals surface area contributed by atoms with E-state index in [1.54, 1.807) is 82.2 Å². The van der Waals surface area contributed by atoms with E-state index in [0.29, 0.717) is 63.4 Å². The molecule has 9 atom stereocenters. The molecule has 110 heavy (non-hydrogen) atoms. The van der Waals surface area contributed by atoms with Gasteiger partial charge in [-0.05, 0) is 112 Å². The summed E-state index contributed by atoms with van der Waals surface area (Å²) < 4.78 is 88.5. The van der Waals surface area contributed by atoms with E-state index in [4.69, 9.17) is 71.1 Å². The summed E-state index contributed by atoms with van der Waals surface area (Å²) in [6.07, 6.45) is -9.29. The first-order chi connectivity index (χ1) is 52.7. The highest BCUT2D eigenvalue weighted by molar-refractivity contribution is 5.85. The molecule has 0 spiro atoms. The first-order valence-corrected chi connectivity index (χ1v) is 38.8. The molecule has 0 aliphatic heterocycles. The van der Waals surface area contributed by atoms with Crippen molar-refractivity contribution in [1.29, 1.82) is 0 Å². The zero-order valence-corrected chi connectivity index (χ0v) is 66.5. The van der Waals surface area contributed by atoms with Crippen molar-refractivity contribution in [2.24, 2.45) is 0 Å². The molecular formula is C82H118O28. The summed E-state index contributed by atoms with van der Waals surface area (Å²) in [5.41, 5.74) is 0.595. The highest BCUT2D eigenvalue weighted by Crippen LogP contribution is 2.33. The van der Waals surface area contributed by atoms with Gasteiger partial charge in [-0.2, -0.15) is 0 Å². The minimum absolute atomic E-state index is 0.0354. The Morgan fingerprint density at radius 3 is 0.900 bits per heavy atom. The summed E-state index contributed by atoms with van der Waals surface area (Å²) >= 11 is 0. The number of hydrogen-bond donors (Lipinski definition) is 0. The van der Waals surface area contributed by atoms with Crippen molar-refractivity contribution in [3.8, 4) is 17.2 Å². The topological polar surface area (TPSA) is 360 Å². The zero-order chi connectivity index (χ0) is 81.9. The van der Waals surface area contributed by atoms with Crippen LogP contribution in [0.3, 0.4) is 0 Å². The van der Waals surface area contributed by atoms with Crippen LogP contribution in [0.25, 0.3) is 12.2 Å². The van der Waals surface area contributed by atoms with Crippen molar-refractivity contribution >= 4 is 89.8 Å². The Kier molecular flexibility index (Phi) is 48.9. The number of hydrogen-bond acceptors (Lipinski definition) is 28. The van der Waals surface area contributed by atoms with Crippen molar-refractivity contribution in [2.45, 2.75) is 311 Å². The molecule has 0 radical (unpaired) electrons. The third kappa shape index (κ3) is 38.6. The largest absolute Gasteiger partial charge is 0.487 e. The first-order valence-electron chi connectivity index (χ1n) is 38.8. The van der Waals surface area contributed by atoms with Crippen molar-refractivity contribution in [2.75, 3.05) is 19.8 Å². The van der Waals surface area contributed by atoms with Crippen LogP contribution in [0, 0.1) is 0 Å². The Morgan fingerprint density at radius 2 is 0.564 bits per heavy atom. The molecule has 614 valence electrons. The molecule has 0 unspecified atom stereocenters. The van der Waals surface area contributed by atoms with Gasteiger partial charge in [0.25, 0.3) is 0 Å². The molecule has 28 heteroatoms. The lowest BCUT2D eigenvalue weighted by Gasteiger charge is -2.34. The summed E-state index contributed by atoms with van der Waals surface area (Å²) in [6, 6.07) is 9.79. The highest BCUT2D eigenvalue weighted by Gasteiger charge is 2.46. The number of carbonyl (C=O) groups is 13. The SMILES string of the molecule is C=C(CCC)O[C@@H]([C@@H](CCOC(=O)CCC)OC(=O)CCC)[C@@H](OC(=O)CCC)C(=C)Oc1cc(/C=C/c2ccc(OC(=O)[C@H](OC(=O)CCC)[C@@H](OC(=O)CCC)[C@@H](CCOC(=O)CCC)OC(=O)CCC)cc2)cc(OC(=O)[C@H](OC(=O)CCC)[C@@H](OC(=O)CCC)[C@@H](CCOC(=O)CCC)OC(=O)CCC)c1. The second-order valence-corrected chi connectivity index (χ2v) is 25.9. The van der Waals surface area contributed by atoms with Gasteiger partial charge >= 0.3 is 77.6 Å². The minimum Gasteiger partial charge on any atom is -0.487 e. The molecule has 28 nitrogen and oxygen atoms in total. The molecule has 0 aromatic heterocycles. The number of rotatable bonds is 58. The molecule has 0 fully saturated rings. The maximum absolute atomic E-state index is 15.2. The lowest BCUT2D eigenvalue weighted by Crippen LogP contribution is -2.51. The van der Waals surface area contributed by atoms with Gasteiger partial charge in [-0.25, -0.2) is 9.59 Å². The van der Waals surface area contributed by atoms with Gasteiger partial charge in [0.1, 0.15) is 41.3 Å². The highest BCUT2D eigenvalue weighted by atomic mass is 16.7. The molecular weight excluding hydrogens is 1430 g/mol. The Balaban J connectivity index is 3.17. The second-order valence-electron chi connectivity index (χ2n) is 25.9. The molecule has 0 aliphatic carbocycles. The van der Waals surface area contributed by atoms with Crippen LogP contribution in [-0.4, -0.2) is 152 Å². The van der Waals surface area contributed by atoms with E-state index in [1.807, 2.05) is 6.92 Å². The second kappa shape index (κ2) is 55.7. The number of ether oxygens (including phenoxy) is 15. The molecule has 0 saturated carbocycles. The van der Waals surface area contributed by atoms with Gasteiger partial charge in [0.2, 0.25) is 12.2 Å². The van der Waals surface area contributed by atoms with Crippen LogP contribution in [0.4, 0.5) is 0 Å². The van der Waals surface area contributed by atoms with E-state index in [2.05, 4.69) is 13.2 Å². The Labute approximate surface area is 647 Å². The van der Waals surface area contributed by atoms with Crippen molar-refractivity contribution in [1.82, 2.24) is 0 Å². The molecule has 0 N–H and O–H groups in total. The molecule has 0 saturated heterocycles. The standard InChI is InChI=1S/C82H118O28/c1-15-27-54(13)99-76(61(103-67(86)31-19-5)45-48-96-64(83)28-16-2)75(106-70(89)34-22-8)55(14)100-59-51-57(52-60(53-59)102-82(95)80(110-74(93)38-26-12)78(108-72(91)36-24-10)63(105-69(88)33-21-7)47-50-98-66(85)30-18-4)40-39-56-41-43-58(44-42-56)101-81(94)79(109-73(92)37-25-11)77(107-71(90)35-23-9)62(104-68(87)32-20-6)46-49-97-65(84)29-17-3/h39-44,51-53,61-63,75-80H,13-38,45-50H2,1-12H3/b40-39+/t61-,62-,63-,75+,76+,77+,78+,79-,80-/m1/s1. The number of benzene rings is 2. The van der Waals surface area contributed by atoms with E-state index in [-0.39, 0.29) is 170 Å². The fourth-order valence-electron chi connectivity index (χ4n) is 10.5. The van der Waals surface area contributed by atoms with E-state index in [9.17, 15) is 57.5 Å². The van der Waals surface area contributed by atoms with Crippen LogP contribution in [0.1, 0.15) is 268 Å². The Bertz CT molecular complexity index is 3150. The quantitative estimate of drug-likeness (QED) is 0.0195. The van der Waals surface area contributed by atoms with Crippen LogP contribution < -0.4 is 14.2 Å². The monoisotopic (exact) mass is 1550 g/mol. The molecule has 0 bridgehead atoms. The van der Waals surface area contributed by atoms with Crippen LogP contribution in [0.15, 0.2) is 67.1 Å². The number of carbonyl (C=O) groups excluding carboxylic acids is 13. The van der Waals surface area contributed by atoms with Gasteiger partial charge in [-0.1, -0.05) is 121 Å². The van der Waals surface area contributed by atoms with Crippen molar-refractivity contribution in [3.05, 3.63) is 78.3 Å². The normalized spacial score (nSPS) is 13.5. The molecule has 2 aromatic rings. The summed E-state index contributed by atoms with van der Waals surface area (Å²) in [5.74, 6) is -11.5. The van der Waals surface area contributed by atoms with E-state index in [0.717, 1.165) is 0 Å². The molecule has 0 aliphatic rings. The fraction of sp³-hybridized carbons (Fsp3) is 0.622. The lowest BCUT2D eigenvalue weighted by molar-refractivity contribution is -0.194. The number of allylic oxidation sites excluding steroid dienone is 1. The van der Waals surface area contributed by atoms with E-state index >= 15 is 4.79 Å². The summed E-state index contributed by atoms with van der Waals surface area (Å²) in [5, 5.41) is 0. The predicted molar refractivity (Wildman–Crippen MR) is 402 cm³/mol. The van der Waals surface area contributed by atoms with Crippen molar-refractivity contribution < 1.29 is 133 Å². The average Bonchev–Trinajstić information content (AvgIpc) is 0.827. The summed E-state index contributed by atoms with van der Waals surface area (Å²) in [4.78, 5) is 176. The maximum atomic E-state index is 15.2. The van der Waals surface area contributed by atoms with Gasteiger partial charge in [-0.15, -0.1) is 0 Å². The fourth-order valence-corrected chi connectivity index (χ4v) is 10.5. The molecule has 0 amide bonds. The van der Waals surface area contributed by atoms with E-state index in [1.165, 1.54) is 48.5 Å². The van der Waals surface area contributed by atoms with Gasteiger partial charge in [0, 0.05) is 102 Å². The van der Waals surface area contributed by atoms with Crippen LogP contribution >= 0.6 is 0 Å². The van der Waals surface area contributed by atoms with Crippen LogP contribution in [0.5, 0.6) is 17.2 Å². The first kappa shape index (κ1) is 96.4. The van der Waals surface area contributed by atoms with Gasteiger partial charge in [-0.3, -0.25) is 52.7 Å². The van der Waals surface area contributed by atoms with Gasteiger partial charge in [0.15, 0.2) is 24.4 Å². The van der Waals surface area contributed by atoms with Gasteiger partial charge in [0.05, 0.1) is 25.6 Å². The third-order valence-electron chi connectivity index (χ3n) is 15.7. The predicted octanol–water partition coefficient (Wildman–Crippen LogP) is 14.2. The average molecular weight is 1550 g/mol. The molecule has 2 aromatic carbocycles. The van der Waals surface area contributed by atoms with E-state index < -0.39 is 133 Å². The Morgan fingerprint density at radius 1 is 0.291 bits per heavy atom. The van der Waals surface area contributed by atoms with Crippen molar-refractivity contribution in [3.63, 3.8) is 0 Å².